The van der Waals surface area contributed by atoms with E-state index in [-0.39, 0.29) is 36.5 Å². The van der Waals surface area contributed by atoms with Gasteiger partial charge in [-0.15, -0.1) is 0 Å². The van der Waals surface area contributed by atoms with E-state index in [1.165, 1.54) is 0 Å². The molecule has 2 aromatic rings. The van der Waals surface area contributed by atoms with Gasteiger partial charge in [-0.1, -0.05) is 20.3 Å². The monoisotopic (exact) mass is 431 g/mol. The minimum Gasteiger partial charge on any atom is -0.496 e. The summed E-state index contributed by atoms with van der Waals surface area (Å²) in [6.45, 7) is 9.67. The topological polar surface area (TPSA) is 98.0 Å². The zero-order chi connectivity index (χ0) is 22.9. The van der Waals surface area contributed by atoms with Crippen molar-refractivity contribution in [2.75, 3.05) is 13.7 Å². The first-order valence-electron chi connectivity index (χ1n) is 10.9. The van der Waals surface area contributed by atoms with Crippen LogP contribution in [-0.2, 0) is 17.6 Å². The van der Waals surface area contributed by atoms with Crippen LogP contribution in [0.1, 0.15) is 57.2 Å². The van der Waals surface area contributed by atoms with Crippen molar-refractivity contribution in [1.29, 1.82) is 0 Å². The fraction of sp³-hybridized carbons (Fsp3) is 0.583. The highest BCUT2D eigenvalue weighted by molar-refractivity contribution is 5.93. The number of hydrogen-bond donors (Lipinski definition) is 2. The number of fused-ring (bicyclic) bond motifs is 3. The van der Waals surface area contributed by atoms with Crippen molar-refractivity contribution < 1.29 is 23.8 Å². The Labute approximate surface area is 182 Å². The lowest BCUT2D eigenvalue weighted by Crippen LogP contribution is -2.43. The first-order valence-corrected chi connectivity index (χ1v) is 10.9. The molecule has 0 fully saturated rings. The minimum atomic E-state index is -0.537. The highest BCUT2D eigenvalue weighted by Gasteiger charge is 2.31. The summed E-state index contributed by atoms with van der Waals surface area (Å²) in [5, 5.41) is 13.1. The number of carbonyl (C=O) groups is 1. The fourth-order valence-electron chi connectivity index (χ4n) is 4.12. The van der Waals surface area contributed by atoms with Crippen LogP contribution in [-0.4, -0.2) is 36.4 Å². The maximum atomic E-state index is 12.9. The Morgan fingerprint density at radius 3 is 2.71 bits per heavy atom. The number of carbonyl (C=O) groups excluding carboxylic acids is 1. The van der Waals surface area contributed by atoms with Gasteiger partial charge in [0.05, 0.1) is 37.1 Å². The molecule has 0 radical (unpaired) electrons. The van der Waals surface area contributed by atoms with E-state index in [1.807, 2.05) is 40.7 Å². The lowest BCUT2D eigenvalue weighted by Gasteiger charge is -2.33. The molecule has 1 aromatic carbocycles. The number of hydrogen-bond acceptors (Lipinski definition) is 6. The molecule has 7 heteroatoms. The van der Waals surface area contributed by atoms with E-state index >= 15 is 0 Å². The van der Waals surface area contributed by atoms with E-state index in [0.29, 0.717) is 33.6 Å². The largest absolute Gasteiger partial charge is 0.496 e. The van der Waals surface area contributed by atoms with Crippen LogP contribution in [0.3, 0.4) is 0 Å². The standard InChI is InChI=1S/C24H33NO6/c1-7-13(2)17(12-26)25-20(27)10-16-14(3)21-19(29-6)11-18-15(22(21)30-23(16)28)8-9-24(4,5)31-18/h11,13,17,26H,7-10,12H2,1-6H3,(H,25,27). The molecule has 1 aromatic heterocycles. The zero-order valence-corrected chi connectivity index (χ0v) is 19.3. The summed E-state index contributed by atoms with van der Waals surface area (Å²) in [4.78, 5) is 25.5. The average molecular weight is 432 g/mol. The summed E-state index contributed by atoms with van der Waals surface area (Å²) < 4.78 is 17.4. The summed E-state index contributed by atoms with van der Waals surface area (Å²) >= 11 is 0. The SMILES string of the molecule is CCC(C)C(CO)NC(=O)Cc1c(C)c2c(OC)cc3c(c2oc1=O)CCC(C)(C)O3. The van der Waals surface area contributed by atoms with E-state index in [9.17, 15) is 14.7 Å². The summed E-state index contributed by atoms with van der Waals surface area (Å²) in [6, 6.07) is 1.48. The predicted octanol–water partition coefficient (Wildman–Crippen LogP) is 3.28. The van der Waals surface area contributed by atoms with Crippen molar-refractivity contribution >= 4 is 16.9 Å². The Bertz CT molecular complexity index is 1040. The first-order chi connectivity index (χ1) is 14.6. The summed E-state index contributed by atoms with van der Waals surface area (Å²) in [5.74, 6) is 1.00. The van der Waals surface area contributed by atoms with E-state index in [0.717, 1.165) is 24.8 Å². The minimum absolute atomic E-state index is 0.124. The van der Waals surface area contributed by atoms with Crippen molar-refractivity contribution in [2.24, 2.45) is 5.92 Å². The van der Waals surface area contributed by atoms with Gasteiger partial charge in [0.1, 0.15) is 22.7 Å². The second kappa shape index (κ2) is 8.91. The Morgan fingerprint density at radius 2 is 2.10 bits per heavy atom. The normalized spacial score (nSPS) is 16.9. The number of ether oxygens (including phenoxy) is 2. The van der Waals surface area contributed by atoms with Crippen LogP contribution < -0.4 is 20.4 Å². The van der Waals surface area contributed by atoms with E-state index in [1.54, 1.807) is 7.11 Å². The van der Waals surface area contributed by atoms with Crippen LogP contribution >= 0.6 is 0 Å². The van der Waals surface area contributed by atoms with Gasteiger partial charge in [0.25, 0.3) is 0 Å². The third kappa shape index (κ3) is 4.56. The molecular weight excluding hydrogens is 398 g/mol. The van der Waals surface area contributed by atoms with Gasteiger partial charge in [-0.25, -0.2) is 4.79 Å². The molecule has 31 heavy (non-hydrogen) atoms. The third-order valence-electron chi connectivity index (χ3n) is 6.37. The van der Waals surface area contributed by atoms with Crippen LogP contribution in [0.2, 0.25) is 0 Å². The summed E-state index contributed by atoms with van der Waals surface area (Å²) in [5.41, 5.74) is 1.42. The number of aryl methyl sites for hydroxylation is 2. The van der Waals surface area contributed by atoms with Gasteiger partial charge in [0, 0.05) is 11.6 Å². The number of aliphatic hydroxyl groups is 1. The van der Waals surface area contributed by atoms with Crippen molar-refractivity contribution in [1.82, 2.24) is 5.32 Å². The predicted molar refractivity (Wildman–Crippen MR) is 119 cm³/mol. The van der Waals surface area contributed by atoms with Crippen molar-refractivity contribution in [3.8, 4) is 11.5 Å². The van der Waals surface area contributed by atoms with Gasteiger partial charge < -0.3 is 24.3 Å². The molecule has 3 rings (SSSR count). The Kier molecular flexibility index (Phi) is 6.65. The number of nitrogens with one attached hydrogen (secondary N) is 1. The highest BCUT2D eigenvalue weighted by Crippen LogP contribution is 2.43. The second-order valence-corrected chi connectivity index (χ2v) is 9.03. The van der Waals surface area contributed by atoms with Gasteiger partial charge in [-0.05, 0) is 45.1 Å². The van der Waals surface area contributed by atoms with Crippen LogP contribution in [0.5, 0.6) is 11.5 Å². The number of aliphatic hydroxyl groups excluding tert-OH is 1. The second-order valence-electron chi connectivity index (χ2n) is 9.03. The molecule has 0 saturated heterocycles. The van der Waals surface area contributed by atoms with Gasteiger partial charge in [-0.2, -0.15) is 0 Å². The molecule has 0 bridgehead atoms. The number of benzene rings is 1. The smallest absolute Gasteiger partial charge is 0.340 e. The van der Waals surface area contributed by atoms with Crippen LogP contribution in [0.15, 0.2) is 15.3 Å². The average Bonchev–Trinajstić information content (AvgIpc) is 2.72. The molecule has 1 aliphatic heterocycles. The maximum Gasteiger partial charge on any atom is 0.340 e. The van der Waals surface area contributed by atoms with Crippen molar-refractivity contribution in [3.63, 3.8) is 0 Å². The van der Waals surface area contributed by atoms with Crippen molar-refractivity contribution in [3.05, 3.63) is 33.2 Å². The highest BCUT2D eigenvalue weighted by atomic mass is 16.5. The molecule has 1 amide bonds. The summed E-state index contributed by atoms with van der Waals surface area (Å²) in [7, 11) is 1.56. The maximum absolute atomic E-state index is 12.9. The molecule has 0 saturated carbocycles. The third-order valence-corrected chi connectivity index (χ3v) is 6.37. The number of amides is 1. The molecule has 0 aliphatic carbocycles. The van der Waals surface area contributed by atoms with E-state index in [2.05, 4.69) is 5.32 Å². The molecule has 2 heterocycles. The van der Waals surface area contributed by atoms with Crippen molar-refractivity contribution in [2.45, 2.75) is 71.9 Å². The van der Waals surface area contributed by atoms with Gasteiger partial charge in [0.15, 0.2) is 0 Å². The van der Waals surface area contributed by atoms with E-state index in [4.69, 9.17) is 13.9 Å². The Morgan fingerprint density at radius 1 is 1.39 bits per heavy atom. The lowest BCUT2D eigenvalue weighted by atomic mass is 9.91. The molecule has 2 N–H and O–H groups in total. The van der Waals surface area contributed by atoms with Gasteiger partial charge in [-0.3, -0.25) is 4.79 Å². The molecule has 7 nitrogen and oxygen atoms in total. The molecule has 1 aliphatic rings. The Balaban J connectivity index is 2.03. The van der Waals surface area contributed by atoms with Crippen LogP contribution in [0, 0.1) is 12.8 Å². The van der Waals surface area contributed by atoms with Crippen LogP contribution in [0.25, 0.3) is 11.0 Å². The molecule has 2 unspecified atom stereocenters. The lowest BCUT2D eigenvalue weighted by molar-refractivity contribution is -0.121. The van der Waals surface area contributed by atoms with E-state index < -0.39 is 5.63 Å². The molecule has 170 valence electrons. The number of methoxy groups -OCH3 is 1. The summed E-state index contributed by atoms with van der Waals surface area (Å²) in [6.07, 6.45) is 2.22. The zero-order valence-electron chi connectivity index (χ0n) is 19.3. The molecule has 0 spiro atoms. The quantitative estimate of drug-likeness (QED) is 0.653. The van der Waals surface area contributed by atoms with Gasteiger partial charge >= 0.3 is 5.63 Å². The Hall–Kier alpha value is -2.54. The molecular formula is C24H33NO6. The van der Waals surface area contributed by atoms with Gasteiger partial charge in [0.2, 0.25) is 5.91 Å². The number of rotatable bonds is 7. The van der Waals surface area contributed by atoms with Crippen LogP contribution in [0.4, 0.5) is 0 Å². The first kappa shape index (κ1) is 23.1. The fourth-order valence-corrected chi connectivity index (χ4v) is 4.12. The molecule has 2 atom stereocenters.